The zero-order valence-electron chi connectivity index (χ0n) is 11.3. The van der Waals surface area contributed by atoms with Gasteiger partial charge in [-0.15, -0.1) is 5.10 Å². The maximum atomic E-state index is 12.1. The molecule has 7 heteroatoms. The summed E-state index contributed by atoms with van der Waals surface area (Å²) in [5, 5.41) is 9.95. The Morgan fingerprint density at radius 1 is 1.30 bits per heavy atom. The van der Waals surface area contributed by atoms with Crippen LogP contribution in [-0.4, -0.2) is 21.1 Å². The Hall–Kier alpha value is -1.59. The molecule has 0 aliphatic carbocycles. The fourth-order valence-corrected chi connectivity index (χ4v) is 1.83. The monoisotopic (exact) mass is 312 g/mol. The smallest absolute Gasteiger partial charge is 0.295 e. The van der Waals surface area contributed by atoms with Crippen LogP contribution in [0.4, 0.5) is 5.69 Å². The van der Waals surface area contributed by atoms with Crippen molar-refractivity contribution < 1.29 is 4.79 Å². The molecule has 1 heterocycles. The van der Waals surface area contributed by atoms with E-state index in [-0.39, 0.29) is 16.3 Å². The van der Waals surface area contributed by atoms with Crippen LogP contribution in [0.5, 0.6) is 0 Å². The fourth-order valence-electron chi connectivity index (χ4n) is 1.48. The lowest BCUT2D eigenvalue weighted by molar-refractivity contribution is 0.101. The van der Waals surface area contributed by atoms with Gasteiger partial charge in [0.05, 0.1) is 15.7 Å². The highest BCUT2D eigenvalue weighted by molar-refractivity contribution is 6.44. The number of benzene rings is 1. The summed E-state index contributed by atoms with van der Waals surface area (Å²) in [6, 6.07) is 5.00. The minimum absolute atomic E-state index is 0.0611. The molecule has 0 aliphatic rings. The van der Waals surface area contributed by atoms with Gasteiger partial charge in [0.1, 0.15) is 5.82 Å². The molecule has 0 radical (unpaired) electrons. The summed E-state index contributed by atoms with van der Waals surface area (Å²) in [6.07, 6.45) is 0. The fraction of sp³-hybridized carbons (Fsp3) is 0.308. The molecule has 0 atom stereocenters. The van der Waals surface area contributed by atoms with Crippen LogP contribution >= 0.6 is 23.2 Å². The molecule has 0 bridgehead atoms. The van der Waals surface area contributed by atoms with E-state index in [1.807, 2.05) is 20.8 Å². The number of H-pyrrole nitrogens is 1. The highest BCUT2D eigenvalue weighted by atomic mass is 35.5. The van der Waals surface area contributed by atoms with Crippen LogP contribution < -0.4 is 5.32 Å². The number of aromatic nitrogens is 3. The summed E-state index contributed by atoms with van der Waals surface area (Å²) in [7, 11) is 0. The summed E-state index contributed by atoms with van der Waals surface area (Å²) in [5.74, 6) is 0.256. The number of nitrogens with one attached hydrogen (secondary N) is 2. The molecule has 1 aromatic carbocycles. The third kappa shape index (κ3) is 3.11. The second kappa shape index (κ2) is 5.42. The number of nitrogens with zero attached hydrogens (tertiary/aromatic N) is 2. The standard InChI is InChI=1S/C13H14Cl2N4O/c1-13(2,3)12-17-10(18-19-12)11(20)16-8-6-4-5-7(14)9(8)15/h4-6H,1-3H3,(H,16,20)(H,17,18,19). The summed E-state index contributed by atoms with van der Waals surface area (Å²) in [4.78, 5) is 16.2. The Balaban J connectivity index is 2.20. The third-order valence-electron chi connectivity index (χ3n) is 2.60. The molecule has 106 valence electrons. The van der Waals surface area contributed by atoms with Crippen molar-refractivity contribution in [2.45, 2.75) is 26.2 Å². The molecule has 2 rings (SSSR count). The van der Waals surface area contributed by atoms with Gasteiger partial charge in [0.25, 0.3) is 5.91 Å². The van der Waals surface area contributed by atoms with Crippen LogP contribution in [0.25, 0.3) is 0 Å². The van der Waals surface area contributed by atoms with Crippen molar-refractivity contribution in [2.24, 2.45) is 0 Å². The van der Waals surface area contributed by atoms with Crippen molar-refractivity contribution >= 4 is 34.8 Å². The Kier molecular flexibility index (Phi) is 4.01. The predicted molar refractivity (Wildman–Crippen MR) is 79.5 cm³/mol. The second-order valence-electron chi connectivity index (χ2n) is 5.31. The number of anilines is 1. The van der Waals surface area contributed by atoms with Gasteiger partial charge in [-0.1, -0.05) is 50.0 Å². The molecular formula is C13H14Cl2N4O. The van der Waals surface area contributed by atoms with E-state index in [2.05, 4.69) is 20.5 Å². The molecule has 1 aromatic heterocycles. The number of halogens is 2. The summed E-state index contributed by atoms with van der Waals surface area (Å²) < 4.78 is 0. The maximum Gasteiger partial charge on any atom is 0.295 e. The van der Waals surface area contributed by atoms with Crippen molar-refractivity contribution in [2.75, 3.05) is 5.32 Å². The summed E-state index contributed by atoms with van der Waals surface area (Å²) in [6.45, 7) is 5.93. The minimum atomic E-state index is -0.444. The molecule has 0 saturated carbocycles. The Bertz CT molecular complexity index is 646. The first-order valence-corrected chi connectivity index (χ1v) is 6.73. The first kappa shape index (κ1) is 14.8. The van der Waals surface area contributed by atoms with E-state index in [9.17, 15) is 4.79 Å². The van der Waals surface area contributed by atoms with E-state index in [0.717, 1.165) is 0 Å². The molecule has 5 nitrogen and oxygen atoms in total. The van der Waals surface area contributed by atoms with Gasteiger partial charge in [-0.2, -0.15) is 0 Å². The van der Waals surface area contributed by atoms with E-state index in [1.54, 1.807) is 18.2 Å². The highest BCUT2D eigenvalue weighted by Gasteiger charge is 2.21. The summed E-state index contributed by atoms with van der Waals surface area (Å²) >= 11 is 11.9. The van der Waals surface area contributed by atoms with Crippen LogP contribution in [-0.2, 0) is 5.41 Å². The van der Waals surface area contributed by atoms with Crippen LogP contribution in [0.2, 0.25) is 10.0 Å². The Morgan fingerprint density at radius 3 is 2.60 bits per heavy atom. The lowest BCUT2D eigenvalue weighted by atomic mass is 9.96. The molecule has 0 spiro atoms. The first-order chi connectivity index (χ1) is 9.29. The average Bonchev–Trinajstić information content (AvgIpc) is 2.84. The van der Waals surface area contributed by atoms with Gasteiger partial charge in [0.15, 0.2) is 0 Å². The number of aromatic amines is 1. The summed E-state index contributed by atoms with van der Waals surface area (Å²) in [5.41, 5.74) is 0.213. The molecule has 2 N–H and O–H groups in total. The molecule has 20 heavy (non-hydrogen) atoms. The topological polar surface area (TPSA) is 70.7 Å². The number of hydrogen-bond acceptors (Lipinski definition) is 3. The van der Waals surface area contributed by atoms with Crippen LogP contribution in [0.15, 0.2) is 18.2 Å². The van der Waals surface area contributed by atoms with E-state index in [4.69, 9.17) is 23.2 Å². The van der Waals surface area contributed by atoms with Gasteiger partial charge in [-0.3, -0.25) is 9.89 Å². The number of amides is 1. The highest BCUT2D eigenvalue weighted by Crippen LogP contribution is 2.29. The van der Waals surface area contributed by atoms with Crippen LogP contribution in [0.1, 0.15) is 37.2 Å². The molecule has 2 aromatic rings. The van der Waals surface area contributed by atoms with Crippen molar-refractivity contribution in [1.82, 2.24) is 15.2 Å². The van der Waals surface area contributed by atoms with E-state index < -0.39 is 5.91 Å². The van der Waals surface area contributed by atoms with E-state index >= 15 is 0 Å². The molecule has 0 saturated heterocycles. The second-order valence-corrected chi connectivity index (χ2v) is 6.10. The normalized spacial score (nSPS) is 11.4. The molecule has 0 fully saturated rings. The maximum absolute atomic E-state index is 12.1. The first-order valence-electron chi connectivity index (χ1n) is 5.97. The van der Waals surface area contributed by atoms with Gasteiger partial charge >= 0.3 is 0 Å². The lowest BCUT2D eigenvalue weighted by Crippen LogP contribution is -2.16. The Morgan fingerprint density at radius 2 is 2.00 bits per heavy atom. The molecule has 0 aliphatic heterocycles. The van der Waals surface area contributed by atoms with Crippen LogP contribution in [0, 0.1) is 0 Å². The zero-order chi connectivity index (χ0) is 14.9. The Labute approximate surface area is 126 Å². The van der Waals surface area contributed by atoms with Gasteiger partial charge in [0.2, 0.25) is 5.82 Å². The number of carbonyl (C=O) groups is 1. The minimum Gasteiger partial charge on any atom is -0.318 e. The molecule has 1 amide bonds. The van der Waals surface area contributed by atoms with Crippen molar-refractivity contribution in [3.63, 3.8) is 0 Å². The zero-order valence-corrected chi connectivity index (χ0v) is 12.8. The molecule has 0 unspecified atom stereocenters. The lowest BCUT2D eigenvalue weighted by Gasteiger charge is -2.12. The van der Waals surface area contributed by atoms with Crippen molar-refractivity contribution in [1.29, 1.82) is 0 Å². The SMILES string of the molecule is CC(C)(C)c1nc(C(=O)Nc2cccc(Cl)c2Cl)n[nH]1. The van der Waals surface area contributed by atoms with Crippen LogP contribution in [0.3, 0.4) is 0 Å². The quantitative estimate of drug-likeness (QED) is 0.889. The van der Waals surface area contributed by atoms with Crippen molar-refractivity contribution in [3.8, 4) is 0 Å². The van der Waals surface area contributed by atoms with E-state index in [0.29, 0.717) is 16.5 Å². The van der Waals surface area contributed by atoms with Gasteiger partial charge in [-0.05, 0) is 12.1 Å². The van der Waals surface area contributed by atoms with Gasteiger partial charge in [0, 0.05) is 5.41 Å². The van der Waals surface area contributed by atoms with Gasteiger partial charge in [-0.25, -0.2) is 4.98 Å². The molecular weight excluding hydrogens is 299 g/mol. The number of rotatable bonds is 2. The number of carbonyl (C=O) groups excluding carboxylic acids is 1. The predicted octanol–water partition coefficient (Wildman–Crippen LogP) is 3.66. The van der Waals surface area contributed by atoms with Crippen molar-refractivity contribution in [3.05, 3.63) is 39.9 Å². The largest absolute Gasteiger partial charge is 0.318 e. The number of hydrogen-bond donors (Lipinski definition) is 2. The average molecular weight is 313 g/mol. The van der Waals surface area contributed by atoms with Gasteiger partial charge < -0.3 is 5.32 Å². The van der Waals surface area contributed by atoms with E-state index in [1.165, 1.54) is 0 Å². The third-order valence-corrected chi connectivity index (χ3v) is 3.42.